The standard InChI is InChI=1S/C20H21ClFN3O3/c1-13-10-14(2)25(24-13)9-3-8-23-20(26)19-7-5-16(28-19)12-27-18-6-4-15(22)11-17(18)21/h4-7,10-11H,3,8-9,12H2,1-2H3,(H,23,26). The number of hydrogen-bond donors (Lipinski definition) is 1. The maximum Gasteiger partial charge on any atom is 0.286 e. The van der Waals surface area contributed by atoms with Crippen molar-refractivity contribution in [3.05, 3.63) is 70.1 Å². The average Bonchev–Trinajstić information content (AvgIpc) is 3.24. The second-order valence-corrected chi connectivity index (χ2v) is 6.80. The van der Waals surface area contributed by atoms with E-state index in [0.29, 0.717) is 18.1 Å². The Hall–Kier alpha value is -2.80. The molecule has 0 atom stereocenters. The Morgan fingerprint density at radius 3 is 2.82 bits per heavy atom. The van der Waals surface area contributed by atoms with E-state index in [9.17, 15) is 9.18 Å². The summed E-state index contributed by atoms with van der Waals surface area (Å²) in [6.45, 7) is 5.28. The van der Waals surface area contributed by atoms with E-state index in [2.05, 4.69) is 10.4 Å². The minimum Gasteiger partial charge on any atom is -0.484 e. The van der Waals surface area contributed by atoms with Crippen molar-refractivity contribution in [3.8, 4) is 5.75 Å². The molecule has 148 valence electrons. The van der Waals surface area contributed by atoms with Crippen LogP contribution in [0.1, 0.15) is 34.1 Å². The van der Waals surface area contributed by atoms with E-state index in [4.69, 9.17) is 20.8 Å². The SMILES string of the molecule is Cc1cc(C)n(CCCNC(=O)c2ccc(COc3ccc(F)cc3Cl)o2)n1. The Morgan fingerprint density at radius 1 is 1.29 bits per heavy atom. The number of furan rings is 1. The topological polar surface area (TPSA) is 69.3 Å². The van der Waals surface area contributed by atoms with Gasteiger partial charge in [-0.05, 0) is 56.7 Å². The molecule has 0 saturated heterocycles. The number of benzene rings is 1. The van der Waals surface area contributed by atoms with Gasteiger partial charge in [0.05, 0.1) is 10.7 Å². The summed E-state index contributed by atoms with van der Waals surface area (Å²) in [5, 5.41) is 7.38. The molecule has 3 rings (SSSR count). The van der Waals surface area contributed by atoms with Gasteiger partial charge in [0.25, 0.3) is 5.91 Å². The summed E-state index contributed by atoms with van der Waals surface area (Å²) in [7, 11) is 0. The molecule has 1 aromatic carbocycles. The van der Waals surface area contributed by atoms with Crippen molar-refractivity contribution in [3.63, 3.8) is 0 Å². The first kappa shape index (κ1) is 19.9. The molecule has 0 aliphatic carbocycles. The number of nitrogens with one attached hydrogen (secondary N) is 1. The number of carbonyl (C=O) groups is 1. The summed E-state index contributed by atoms with van der Waals surface area (Å²) in [5.41, 5.74) is 2.08. The smallest absolute Gasteiger partial charge is 0.286 e. The van der Waals surface area contributed by atoms with Gasteiger partial charge < -0.3 is 14.5 Å². The van der Waals surface area contributed by atoms with Crippen molar-refractivity contribution < 1.29 is 18.3 Å². The largest absolute Gasteiger partial charge is 0.484 e. The Kier molecular flexibility index (Phi) is 6.36. The normalized spacial score (nSPS) is 10.9. The number of aromatic nitrogens is 2. The van der Waals surface area contributed by atoms with Crippen LogP contribution in [0.5, 0.6) is 5.75 Å². The van der Waals surface area contributed by atoms with Crippen LogP contribution in [0.15, 0.2) is 40.8 Å². The van der Waals surface area contributed by atoms with Gasteiger partial charge in [-0.2, -0.15) is 5.10 Å². The van der Waals surface area contributed by atoms with Gasteiger partial charge in [-0.3, -0.25) is 9.48 Å². The van der Waals surface area contributed by atoms with Gasteiger partial charge in [-0.25, -0.2) is 4.39 Å². The highest BCUT2D eigenvalue weighted by atomic mass is 35.5. The maximum absolute atomic E-state index is 13.0. The lowest BCUT2D eigenvalue weighted by atomic mass is 10.3. The van der Waals surface area contributed by atoms with Crippen LogP contribution in [0.4, 0.5) is 4.39 Å². The van der Waals surface area contributed by atoms with Crippen molar-refractivity contribution in [2.45, 2.75) is 33.4 Å². The number of carbonyl (C=O) groups excluding carboxylic acids is 1. The van der Waals surface area contributed by atoms with Crippen molar-refractivity contribution in [2.75, 3.05) is 6.54 Å². The molecule has 0 fully saturated rings. The van der Waals surface area contributed by atoms with Crippen molar-refractivity contribution in [2.24, 2.45) is 0 Å². The summed E-state index contributed by atoms with van der Waals surface area (Å²) in [6, 6.07) is 9.13. The van der Waals surface area contributed by atoms with Gasteiger partial charge in [0.1, 0.15) is 23.9 Å². The zero-order chi connectivity index (χ0) is 20.1. The Labute approximate surface area is 167 Å². The predicted molar refractivity (Wildman–Crippen MR) is 103 cm³/mol. The molecule has 0 saturated carbocycles. The fourth-order valence-electron chi connectivity index (χ4n) is 2.74. The van der Waals surface area contributed by atoms with Crippen molar-refractivity contribution in [1.29, 1.82) is 0 Å². The fraction of sp³-hybridized carbons (Fsp3) is 0.300. The molecule has 2 aromatic heterocycles. The van der Waals surface area contributed by atoms with E-state index < -0.39 is 5.82 Å². The van der Waals surface area contributed by atoms with E-state index in [0.717, 1.165) is 24.4 Å². The number of amides is 1. The summed E-state index contributed by atoms with van der Waals surface area (Å²) >= 11 is 5.91. The van der Waals surface area contributed by atoms with E-state index in [-0.39, 0.29) is 23.3 Å². The molecule has 0 spiro atoms. The number of ether oxygens (including phenoxy) is 1. The van der Waals surface area contributed by atoms with Crippen molar-refractivity contribution >= 4 is 17.5 Å². The average molecular weight is 406 g/mol. The van der Waals surface area contributed by atoms with Gasteiger partial charge in [0.15, 0.2) is 5.76 Å². The minimum atomic E-state index is -0.438. The predicted octanol–water partition coefficient (Wildman–Crippen LogP) is 4.28. The molecular weight excluding hydrogens is 385 g/mol. The Balaban J connectivity index is 1.45. The van der Waals surface area contributed by atoms with Crippen LogP contribution in [-0.4, -0.2) is 22.2 Å². The number of hydrogen-bond acceptors (Lipinski definition) is 4. The summed E-state index contributed by atoms with van der Waals surface area (Å²) in [6.07, 6.45) is 0.757. The minimum absolute atomic E-state index is 0.0799. The first-order chi connectivity index (χ1) is 13.4. The molecule has 1 N–H and O–H groups in total. The van der Waals surface area contributed by atoms with Crippen LogP contribution in [0.2, 0.25) is 5.02 Å². The molecule has 0 aliphatic rings. The molecule has 8 heteroatoms. The quantitative estimate of drug-likeness (QED) is 0.568. The molecule has 0 aliphatic heterocycles. The molecule has 6 nitrogen and oxygen atoms in total. The van der Waals surface area contributed by atoms with Crippen LogP contribution >= 0.6 is 11.6 Å². The fourth-order valence-corrected chi connectivity index (χ4v) is 2.96. The molecule has 3 aromatic rings. The monoisotopic (exact) mass is 405 g/mol. The van der Waals surface area contributed by atoms with E-state index in [1.54, 1.807) is 12.1 Å². The molecule has 1 amide bonds. The van der Waals surface area contributed by atoms with Gasteiger partial charge in [0.2, 0.25) is 0 Å². The van der Waals surface area contributed by atoms with Crippen LogP contribution < -0.4 is 10.1 Å². The Bertz CT molecular complexity index is 968. The maximum atomic E-state index is 13.0. The summed E-state index contributed by atoms with van der Waals surface area (Å²) in [4.78, 5) is 12.2. The third kappa shape index (κ3) is 5.13. The zero-order valence-electron chi connectivity index (χ0n) is 15.7. The molecule has 0 bridgehead atoms. The van der Waals surface area contributed by atoms with Crippen LogP contribution in [0, 0.1) is 19.7 Å². The van der Waals surface area contributed by atoms with Crippen LogP contribution in [-0.2, 0) is 13.2 Å². The lowest BCUT2D eigenvalue weighted by Gasteiger charge is -2.06. The Morgan fingerprint density at radius 2 is 2.11 bits per heavy atom. The molecule has 28 heavy (non-hydrogen) atoms. The van der Waals surface area contributed by atoms with Gasteiger partial charge >= 0.3 is 0 Å². The second kappa shape index (κ2) is 8.93. The van der Waals surface area contributed by atoms with E-state index in [1.807, 2.05) is 24.6 Å². The van der Waals surface area contributed by atoms with Crippen LogP contribution in [0.25, 0.3) is 0 Å². The van der Waals surface area contributed by atoms with E-state index >= 15 is 0 Å². The third-order valence-electron chi connectivity index (χ3n) is 4.08. The number of rotatable bonds is 8. The number of halogens is 2. The van der Waals surface area contributed by atoms with Crippen LogP contribution in [0.3, 0.4) is 0 Å². The molecular formula is C20H21ClFN3O3. The summed E-state index contributed by atoms with van der Waals surface area (Å²) in [5.74, 6) is 0.282. The highest BCUT2D eigenvalue weighted by molar-refractivity contribution is 6.32. The van der Waals surface area contributed by atoms with E-state index in [1.165, 1.54) is 18.2 Å². The first-order valence-corrected chi connectivity index (χ1v) is 9.26. The van der Waals surface area contributed by atoms with Crippen molar-refractivity contribution in [1.82, 2.24) is 15.1 Å². The summed E-state index contributed by atoms with van der Waals surface area (Å²) < 4.78 is 26.0. The lowest BCUT2D eigenvalue weighted by Crippen LogP contribution is -2.25. The third-order valence-corrected chi connectivity index (χ3v) is 4.38. The highest BCUT2D eigenvalue weighted by Gasteiger charge is 2.12. The molecule has 0 radical (unpaired) electrons. The highest BCUT2D eigenvalue weighted by Crippen LogP contribution is 2.26. The number of aryl methyl sites for hydroxylation is 3. The molecule has 2 heterocycles. The lowest BCUT2D eigenvalue weighted by molar-refractivity contribution is 0.0920. The molecule has 0 unspecified atom stereocenters. The second-order valence-electron chi connectivity index (χ2n) is 6.39. The zero-order valence-corrected chi connectivity index (χ0v) is 16.4. The first-order valence-electron chi connectivity index (χ1n) is 8.88. The van der Waals surface area contributed by atoms with Gasteiger partial charge in [-0.15, -0.1) is 0 Å². The van der Waals surface area contributed by atoms with Gasteiger partial charge in [-0.1, -0.05) is 11.6 Å². The number of nitrogens with zero attached hydrogens (tertiary/aromatic N) is 2. The van der Waals surface area contributed by atoms with Gasteiger partial charge in [0, 0.05) is 18.8 Å².